The molecule has 3 aliphatic rings. The lowest BCUT2D eigenvalue weighted by Crippen LogP contribution is -2.47. The van der Waals surface area contributed by atoms with E-state index in [0.29, 0.717) is 0 Å². The summed E-state index contributed by atoms with van der Waals surface area (Å²) in [4.78, 5) is 0. The summed E-state index contributed by atoms with van der Waals surface area (Å²) in [5.74, 6) is 0. The van der Waals surface area contributed by atoms with E-state index in [1.165, 1.54) is 0 Å². The molecule has 0 aromatic rings. The van der Waals surface area contributed by atoms with Crippen LogP contribution in [0.3, 0.4) is 0 Å². The van der Waals surface area contributed by atoms with Crippen molar-refractivity contribution in [2.75, 3.05) is 0 Å². The third-order valence-electron chi connectivity index (χ3n) is 2.56. The van der Waals surface area contributed by atoms with Gasteiger partial charge in [-0.25, -0.2) is 0 Å². The van der Waals surface area contributed by atoms with E-state index in [1.54, 1.807) is 0 Å². The van der Waals surface area contributed by atoms with Gasteiger partial charge in [-0.3, -0.25) is 0 Å². The number of ether oxygens (including phenoxy) is 2. The molecule has 0 spiro atoms. The number of epoxide rings is 2. The third-order valence-corrected chi connectivity index (χ3v) is 2.56. The molecule has 56 valence electrons. The highest BCUT2D eigenvalue weighted by atomic mass is 16.7. The van der Waals surface area contributed by atoms with Gasteiger partial charge in [-0.1, -0.05) is 0 Å². The molecule has 6 atom stereocenters. The highest BCUT2D eigenvalue weighted by Gasteiger charge is 2.68. The van der Waals surface area contributed by atoms with Crippen molar-refractivity contribution in [1.82, 2.24) is 0 Å². The molecule has 3 fully saturated rings. The number of nitrogens with two attached hydrogens (primary N) is 1. The predicted octanol–water partition coefficient (Wildman–Crippen LogP) is -1.78. The van der Waals surface area contributed by atoms with Crippen LogP contribution in [-0.2, 0) is 9.47 Å². The monoisotopic (exact) mass is 143 g/mol. The lowest BCUT2D eigenvalue weighted by Gasteiger charge is -2.16. The van der Waals surface area contributed by atoms with Crippen LogP contribution in [0.5, 0.6) is 0 Å². The number of aliphatic hydroxyl groups is 1. The summed E-state index contributed by atoms with van der Waals surface area (Å²) in [6, 6.07) is -0.228. The van der Waals surface area contributed by atoms with E-state index in [9.17, 15) is 5.11 Å². The molecular weight excluding hydrogens is 134 g/mol. The Morgan fingerprint density at radius 3 is 2.40 bits per heavy atom. The van der Waals surface area contributed by atoms with Gasteiger partial charge in [-0.2, -0.15) is 0 Å². The maximum absolute atomic E-state index is 9.35. The van der Waals surface area contributed by atoms with Gasteiger partial charge in [0.2, 0.25) is 0 Å². The van der Waals surface area contributed by atoms with Gasteiger partial charge < -0.3 is 20.3 Å². The molecule has 0 amide bonds. The zero-order valence-corrected chi connectivity index (χ0v) is 5.31. The smallest absolute Gasteiger partial charge is 0.116 e. The summed E-state index contributed by atoms with van der Waals surface area (Å²) < 4.78 is 10.4. The Kier molecular flexibility index (Phi) is 0.757. The highest BCUT2D eigenvalue weighted by Crippen LogP contribution is 2.47. The lowest BCUT2D eigenvalue weighted by atomic mass is 9.93. The number of fused-ring (bicyclic) bond motifs is 3. The van der Waals surface area contributed by atoms with Crippen LogP contribution in [0.15, 0.2) is 0 Å². The summed E-state index contributed by atoms with van der Waals surface area (Å²) >= 11 is 0. The zero-order chi connectivity index (χ0) is 6.88. The Balaban J connectivity index is 1.89. The van der Waals surface area contributed by atoms with E-state index in [1.807, 2.05) is 0 Å². The van der Waals surface area contributed by atoms with Gasteiger partial charge in [-0.15, -0.1) is 0 Å². The van der Waals surface area contributed by atoms with Crippen molar-refractivity contribution >= 4 is 0 Å². The van der Waals surface area contributed by atoms with Crippen LogP contribution in [0.25, 0.3) is 0 Å². The van der Waals surface area contributed by atoms with E-state index in [2.05, 4.69) is 0 Å². The number of hydrogen-bond acceptors (Lipinski definition) is 4. The standard InChI is InChI=1S/C6H9NO3/c7-1-2(8)4-6(10-4)5-3(1)9-5/h1-6,8H,7H2/t1-,2-,3-,4+,5-,6+/m1/s1. The van der Waals surface area contributed by atoms with Crippen molar-refractivity contribution in [3.05, 3.63) is 0 Å². The molecule has 3 rings (SSSR count). The van der Waals surface area contributed by atoms with E-state index >= 15 is 0 Å². The molecule has 2 heterocycles. The van der Waals surface area contributed by atoms with Crippen LogP contribution >= 0.6 is 0 Å². The summed E-state index contributed by atoms with van der Waals surface area (Å²) in [6.07, 6.45) is -0.116. The minimum absolute atomic E-state index is 0.0289. The molecule has 4 heteroatoms. The first-order valence-corrected chi connectivity index (χ1v) is 3.53. The quantitative estimate of drug-likeness (QED) is 0.393. The minimum atomic E-state index is -0.506. The Bertz CT molecular complexity index is 166. The molecule has 2 aliphatic heterocycles. The second-order valence-electron chi connectivity index (χ2n) is 3.20. The van der Waals surface area contributed by atoms with Gasteiger partial charge in [0.1, 0.15) is 30.5 Å². The van der Waals surface area contributed by atoms with Crippen molar-refractivity contribution in [2.24, 2.45) is 5.73 Å². The summed E-state index contributed by atoms with van der Waals surface area (Å²) in [6.45, 7) is 0. The van der Waals surface area contributed by atoms with Crippen molar-refractivity contribution in [3.63, 3.8) is 0 Å². The van der Waals surface area contributed by atoms with Gasteiger partial charge in [0.05, 0.1) is 6.04 Å². The fraction of sp³-hybridized carbons (Fsp3) is 1.00. The SMILES string of the molecule is N[C@@H]1[C@@H](O)[C@@H]2O[C@@H]2[C@@H]2O[C@H]12. The Morgan fingerprint density at radius 1 is 1.00 bits per heavy atom. The van der Waals surface area contributed by atoms with Gasteiger partial charge in [0, 0.05) is 0 Å². The first kappa shape index (κ1) is 5.49. The van der Waals surface area contributed by atoms with Crippen LogP contribution in [-0.4, -0.2) is 41.7 Å². The van der Waals surface area contributed by atoms with Gasteiger partial charge in [0.15, 0.2) is 0 Å². The zero-order valence-electron chi connectivity index (χ0n) is 5.31. The number of hydrogen-bond donors (Lipinski definition) is 2. The topological polar surface area (TPSA) is 71.3 Å². The average Bonchev–Trinajstić information content (AvgIpc) is 2.71. The van der Waals surface area contributed by atoms with E-state index in [4.69, 9.17) is 15.2 Å². The number of rotatable bonds is 0. The summed E-state index contributed by atoms with van der Waals surface area (Å²) in [5.41, 5.74) is 5.63. The minimum Gasteiger partial charge on any atom is -0.389 e. The predicted molar refractivity (Wildman–Crippen MR) is 31.3 cm³/mol. The van der Waals surface area contributed by atoms with E-state index in [-0.39, 0.29) is 30.5 Å². The molecule has 0 aromatic carbocycles. The molecular formula is C6H9NO3. The summed E-state index contributed by atoms with van der Waals surface area (Å²) in [5, 5.41) is 9.35. The fourth-order valence-electron chi connectivity index (χ4n) is 1.80. The molecule has 3 N–H and O–H groups in total. The number of aliphatic hydroxyl groups excluding tert-OH is 1. The largest absolute Gasteiger partial charge is 0.389 e. The molecule has 0 unspecified atom stereocenters. The Morgan fingerprint density at radius 2 is 1.60 bits per heavy atom. The molecule has 0 radical (unpaired) electrons. The molecule has 2 saturated heterocycles. The van der Waals surface area contributed by atoms with E-state index in [0.717, 1.165) is 0 Å². The maximum atomic E-state index is 9.35. The van der Waals surface area contributed by atoms with Crippen LogP contribution in [0.1, 0.15) is 0 Å². The average molecular weight is 143 g/mol. The summed E-state index contributed by atoms with van der Waals surface area (Å²) in [7, 11) is 0. The molecule has 10 heavy (non-hydrogen) atoms. The lowest BCUT2D eigenvalue weighted by molar-refractivity contribution is 0.0974. The van der Waals surface area contributed by atoms with Crippen LogP contribution in [0, 0.1) is 0 Å². The van der Waals surface area contributed by atoms with Crippen molar-refractivity contribution in [2.45, 2.75) is 36.6 Å². The van der Waals surface area contributed by atoms with Crippen molar-refractivity contribution < 1.29 is 14.6 Å². The van der Waals surface area contributed by atoms with Crippen LogP contribution < -0.4 is 5.73 Å². The maximum Gasteiger partial charge on any atom is 0.116 e. The van der Waals surface area contributed by atoms with E-state index < -0.39 is 6.10 Å². The Hall–Kier alpha value is -0.160. The molecule has 1 saturated carbocycles. The molecule has 4 nitrogen and oxygen atoms in total. The fourth-order valence-corrected chi connectivity index (χ4v) is 1.80. The van der Waals surface area contributed by atoms with Gasteiger partial charge in [-0.05, 0) is 0 Å². The van der Waals surface area contributed by atoms with Crippen molar-refractivity contribution in [3.8, 4) is 0 Å². The van der Waals surface area contributed by atoms with Crippen LogP contribution in [0.4, 0.5) is 0 Å². The van der Waals surface area contributed by atoms with Crippen molar-refractivity contribution in [1.29, 1.82) is 0 Å². The highest BCUT2D eigenvalue weighted by molar-refractivity contribution is 5.17. The first-order valence-electron chi connectivity index (χ1n) is 3.53. The third kappa shape index (κ3) is 0.473. The molecule has 1 aliphatic carbocycles. The molecule has 0 bridgehead atoms. The molecule has 0 aromatic heterocycles. The Labute approximate surface area is 57.9 Å². The second-order valence-corrected chi connectivity index (χ2v) is 3.20. The normalized spacial score (nSPS) is 70.2. The first-order chi connectivity index (χ1) is 4.79. The van der Waals surface area contributed by atoms with Gasteiger partial charge >= 0.3 is 0 Å². The van der Waals surface area contributed by atoms with Crippen LogP contribution in [0.2, 0.25) is 0 Å². The second kappa shape index (κ2) is 1.38. The van der Waals surface area contributed by atoms with Gasteiger partial charge in [0.25, 0.3) is 0 Å².